The van der Waals surface area contributed by atoms with Gasteiger partial charge in [-0.1, -0.05) is 114 Å². The molecule has 0 fully saturated rings. The molecular formula is C53H91BrCl4N2NaO9-. The van der Waals surface area contributed by atoms with Gasteiger partial charge in [-0.25, -0.2) is 9.59 Å². The molecule has 2 aromatic carbocycles. The molecule has 404 valence electrons. The minimum atomic E-state index is -0.597. The molecule has 11 nitrogen and oxygen atoms in total. The van der Waals surface area contributed by atoms with Crippen LogP contribution in [0.5, 0.6) is 0 Å². The van der Waals surface area contributed by atoms with Crippen molar-refractivity contribution in [2.45, 2.75) is 159 Å². The number of likely N-dealkylation sites (N-methyl/N-ethyl adjacent to an activating group) is 2. The Morgan fingerprint density at radius 1 is 0.471 bits per heavy atom. The smallest absolute Gasteiger partial charge is 1.00 e. The van der Waals surface area contributed by atoms with Gasteiger partial charge in [0.2, 0.25) is 0 Å². The maximum absolute atomic E-state index is 12.9. The van der Waals surface area contributed by atoms with Gasteiger partial charge in [0.15, 0.2) is 11.6 Å². The summed E-state index contributed by atoms with van der Waals surface area (Å²) in [5.41, 5.74) is 6.92. The SMILES string of the molecule is CCCCCCCCOC(=O)OCC[N+](CC)(CC)CC(=O)Cc1c(C)cccc1C.CCCCCCCCOC(=O)OCC[N+](CC)(CC)CC(=O)Cc1c(C)cccc1C.ClCCl.[Br-].[Cl-].[Cl-].[Na+].[OH-]. The molecule has 0 aliphatic carbocycles. The first kappa shape index (κ1) is 80.2. The van der Waals surface area contributed by atoms with E-state index in [4.69, 9.17) is 42.1 Å². The van der Waals surface area contributed by atoms with Crippen molar-refractivity contribution in [2.75, 3.05) is 84.1 Å². The normalized spacial score (nSPS) is 10.3. The molecule has 0 amide bonds. The van der Waals surface area contributed by atoms with Crippen molar-refractivity contribution in [3.8, 4) is 0 Å². The molecule has 2 rings (SSSR count). The summed E-state index contributed by atoms with van der Waals surface area (Å²) in [5.74, 6) is 0.457. The average molecular weight is 1150 g/mol. The molecule has 70 heavy (non-hydrogen) atoms. The van der Waals surface area contributed by atoms with Crippen LogP contribution in [0.4, 0.5) is 9.59 Å². The van der Waals surface area contributed by atoms with Crippen molar-refractivity contribution in [1.82, 2.24) is 0 Å². The van der Waals surface area contributed by atoms with E-state index in [1.54, 1.807) is 0 Å². The Labute approximate surface area is 480 Å². The molecule has 0 unspecified atom stereocenters. The Balaban J connectivity index is -0.000000259. The predicted octanol–water partition coefficient (Wildman–Crippen LogP) is 0.831. The van der Waals surface area contributed by atoms with Crippen molar-refractivity contribution in [2.24, 2.45) is 0 Å². The zero-order valence-electron chi connectivity index (χ0n) is 45.1. The Bertz CT molecular complexity index is 1470. The fourth-order valence-corrected chi connectivity index (χ4v) is 8.00. The number of carbonyl (C=O) groups is 4. The Hall–Kier alpha value is -1.16. The summed E-state index contributed by atoms with van der Waals surface area (Å²) in [5, 5.41) is 0.194. The topological polar surface area (TPSA) is 135 Å². The zero-order valence-corrected chi connectivity index (χ0v) is 51.7. The number of unbranched alkanes of at least 4 members (excludes halogenated alkanes) is 10. The number of hydrogen-bond acceptors (Lipinski definition) is 9. The van der Waals surface area contributed by atoms with Crippen LogP contribution < -0.4 is 71.4 Å². The number of halogens is 5. The first-order valence-electron chi connectivity index (χ1n) is 24.7. The number of nitrogens with zero attached hydrogens (tertiary/aromatic N) is 2. The summed E-state index contributed by atoms with van der Waals surface area (Å²) in [6.07, 6.45) is 13.5. The second-order valence-corrected chi connectivity index (χ2v) is 18.2. The number of rotatable bonds is 32. The number of ketones is 2. The van der Waals surface area contributed by atoms with E-state index >= 15 is 0 Å². The molecule has 0 atom stereocenters. The first-order chi connectivity index (χ1) is 31.2. The maximum Gasteiger partial charge on any atom is 1.00 e. The second kappa shape index (κ2) is 50.0. The summed E-state index contributed by atoms with van der Waals surface area (Å²) < 4.78 is 22.2. The van der Waals surface area contributed by atoms with Crippen LogP contribution >= 0.6 is 23.2 Å². The van der Waals surface area contributed by atoms with Gasteiger partial charge in [0.05, 0.1) is 44.7 Å². The van der Waals surface area contributed by atoms with E-state index in [0.717, 1.165) is 85.2 Å². The molecule has 17 heteroatoms. The van der Waals surface area contributed by atoms with Gasteiger partial charge >= 0.3 is 41.9 Å². The van der Waals surface area contributed by atoms with Crippen LogP contribution in [0.15, 0.2) is 36.4 Å². The van der Waals surface area contributed by atoms with Gasteiger partial charge in [0.1, 0.15) is 39.4 Å². The molecule has 0 bridgehead atoms. The van der Waals surface area contributed by atoms with E-state index in [1.165, 1.54) is 51.4 Å². The summed E-state index contributed by atoms with van der Waals surface area (Å²) in [7, 11) is 0. The minimum absolute atomic E-state index is 0. The maximum atomic E-state index is 12.9. The van der Waals surface area contributed by atoms with Crippen molar-refractivity contribution in [3.05, 3.63) is 69.8 Å². The Kier molecular flexibility index (Phi) is 57.3. The van der Waals surface area contributed by atoms with Crippen LogP contribution in [0.1, 0.15) is 152 Å². The third-order valence-corrected chi connectivity index (χ3v) is 12.8. The van der Waals surface area contributed by atoms with Gasteiger partial charge in [-0.3, -0.25) is 9.59 Å². The summed E-state index contributed by atoms with van der Waals surface area (Å²) in [6.45, 7) is 27.8. The van der Waals surface area contributed by atoms with Crippen LogP contribution in [-0.2, 0) is 41.4 Å². The van der Waals surface area contributed by atoms with Gasteiger partial charge in [-0.05, 0) is 102 Å². The van der Waals surface area contributed by atoms with E-state index in [2.05, 4.69) is 93.5 Å². The fourth-order valence-electron chi connectivity index (χ4n) is 8.00. The van der Waals surface area contributed by atoms with Gasteiger partial charge in [-0.2, -0.15) is 0 Å². The predicted molar refractivity (Wildman–Crippen MR) is 271 cm³/mol. The Morgan fingerprint density at radius 2 is 0.729 bits per heavy atom. The van der Waals surface area contributed by atoms with Gasteiger partial charge in [0, 0.05) is 12.8 Å². The van der Waals surface area contributed by atoms with Crippen LogP contribution in [0.25, 0.3) is 0 Å². The quantitative estimate of drug-likeness (QED) is 0.0344. The largest absolute Gasteiger partial charge is 1.00 e. The number of Topliss-reactive ketones (excluding diaryl/α,β-unsaturated/α-hetero) is 2. The third kappa shape index (κ3) is 36.7. The summed E-state index contributed by atoms with van der Waals surface area (Å²) in [4.78, 5) is 49.5. The molecule has 0 aliphatic rings. The van der Waals surface area contributed by atoms with Crippen molar-refractivity contribution >= 4 is 47.1 Å². The minimum Gasteiger partial charge on any atom is -1.00 e. The van der Waals surface area contributed by atoms with E-state index < -0.39 is 12.3 Å². The van der Waals surface area contributed by atoms with Crippen LogP contribution in [0, 0.1) is 27.7 Å². The number of quaternary nitrogens is 2. The molecule has 1 N–H and O–H groups in total. The molecule has 0 radical (unpaired) electrons. The van der Waals surface area contributed by atoms with E-state index in [0.29, 0.717) is 61.2 Å². The van der Waals surface area contributed by atoms with Crippen molar-refractivity contribution in [3.63, 3.8) is 0 Å². The average Bonchev–Trinajstić information content (AvgIpc) is 3.28. The number of aryl methyl sites for hydroxylation is 4. The molecule has 0 aliphatic heterocycles. The summed E-state index contributed by atoms with van der Waals surface area (Å²) in [6, 6.07) is 12.3. The molecular weight excluding hydrogens is 1050 g/mol. The molecule has 0 saturated carbocycles. The number of hydrogen-bond donors (Lipinski definition) is 0. The monoisotopic (exact) mass is 1140 g/mol. The van der Waals surface area contributed by atoms with Crippen LogP contribution in [0.3, 0.4) is 0 Å². The van der Waals surface area contributed by atoms with Crippen molar-refractivity contribution < 1.29 is 124 Å². The second-order valence-electron chi connectivity index (χ2n) is 17.4. The van der Waals surface area contributed by atoms with E-state index in [-0.39, 0.29) is 107 Å². The van der Waals surface area contributed by atoms with Crippen molar-refractivity contribution in [1.29, 1.82) is 0 Å². The number of alkyl halides is 2. The zero-order chi connectivity index (χ0) is 48.9. The Morgan fingerprint density at radius 3 is 1.00 bits per heavy atom. The molecule has 2 aromatic rings. The number of carbonyl (C=O) groups excluding carboxylic acids is 4. The van der Waals surface area contributed by atoms with Crippen LogP contribution in [0.2, 0.25) is 0 Å². The third-order valence-electron chi connectivity index (χ3n) is 12.8. The van der Waals surface area contributed by atoms with E-state index in [1.807, 2.05) is 12.1 Å². The van der Waals surface area contributed by atoms with Crippen LogP contribution in [-0.4, -0.2) is 122 Å². The van der Waals surface area contributed by atoms with E-state index in [9.17, 15) is 19.2 Å². The standard InChI is InChI=1S/2C26H44NO4.CH2Cl2.BrH.2ClH.Na.H2O/c2*1-6-9-10-11-12-13-18-30-26(29)31-19-17-27(7-2,8-3)21-24(28)20-25-22(4)15-14-16-23(25)5;2-1-3;;;;;/h2*14-16H,6-13,17-21H2,1-5H3;1H2;3*1H;;1H2/q2*+1;;;;;+1;/p-4. The molecule has 0 spiro atoms. The molecule has 0 saturated heterocycles. The van der Waals surface area contributed by atoms with Gasteiger partial charge in [0.25, 0.3) is 0 Å². The number of benzene rings is 2. The molecule has 0 aromatic heterocycles. The number of ether oxygens (including phenoxy) is 4. The molecule has 0 heterocycles. The van der Waals surface area contributed by atoms with Gasteiger partial charge in [-0.15, -0.1) is 23.2 Å². The van der Waals surface area contributed by atoms with Gasteiger partial charge < -0.3 is 75.2 Å². The first-order valence-corrected chi connectivity index (χ1v) is 25.8. The summed E-state index contributed by atoms with van der Waals surface area (Å²) >= 11 is 9.53. The fraction of sp³-hybridized carbons (Fsp3) is 0.698.